The number of carboxylic acids is 1. The first-order chi connectivity index (χ1) is 10.1. The van der Waals surface area contributed by atoms with E-state index in [2.05, 4.69) is 18.7 Å². The van der Waals surface area contributed by atoms with Gasteiger partial charge in [-0.1, -0.05) is 57.0 Å². The Kier molecular flexibility index (Phi) is 5.40. The zero-order valence-electron chi connectivity index (χ0n) is 13.2. The molecular formula is C18H27NO2. The normalized spacial score (nSPS) is 18.8. The number of aliphatic carboxylic acids is 1. The molecule has 0 spiro atoms. The Morgan fingerprint density at radius 3 is 2.24 bits per heavy atom. The highest BCUT2D eigenvalue weighted by molar-refractivity contribution is 5.81. The molecule has 1 saturated heterocycles. The topological polar surface area (TPSA) is 40.5 Å². The Balaban J connectivity index is 2.07. The van der Waals surface area contributed by atoms with Gasteiger partial charge in [0.05, 0.1) is 5.41 Å². The van der Waals surface area contributed by atoms with Gasteiger partial charge in [-0.2, -0.15) is 0 Å². The van der Waals surface area contributed by atoms with Crippen LogP contribution in [0, 0.1) is 5.92 Å². The molecule has 1 heterocycles. The van der Waals surface area contributed by atoms with Gasteiger partial charge in [-0.05, 0) is 37.4 Å². The monoisotopic (exact) mass is 289 g/mol. The van der Waals surface area contributed by atoms with Gasteiger partial charge in [0.2, 0.25) is 0 Å². The summed E-state index contributed by atoms with van der Waals surface area (Å²) >= 11 is 0. The lowest BCUT2D eigenvalue weighted by molar-refractivity contribution is -0.146. The Bertz CT molecular complexity index is 446. The van der Waals surface area contributed by atoms with Crippen molar-refractivity contribution in [3.8, 4) is 0 Å². The minimum Gasteiger partial charge on any atom is -0.481 e. The maximum atomic E-state index is 11.9. The van der Waals surface area contributed by atoms with E-state index in [-0.39, 0.29) is 0 Å². The van der Waals surface area contributed by atoms with Crippen molar-refractivity contribution in [2.24, 2.45) is 5.92 Å². The molecule has 1 aliphatic rings. The zero-order valence-corrected chi connectivity index (χ0v) is 13.2. The van der Waals surface area contributed by atoms with Crippen molar-refractivity contribution < 1.29 is 9.90 Å². The van der Waals surface area contributed by atoms with E-state index in [0.717, 1.165) is 31.1 Å². The average Bonchev–Trinajstić information content (AvgIpc) is 2.54. The van der Waals surface area contributed by atoms with Crippen LogP contribution in [0.3, 0.4) is 0 Å². The van der Waals surface area contributed by atoms with E-state index in [1.54, 1.807) is 0 Å². The van der Waals surface area contributed by atoms with E-state index < -0.39 is 11.4 Å². The van der Waals surface area contributed by atoms with Crippen LogP contribution in [0.4, 0.5) is 0 Å². The molecule has 0 atom stereocenters. The number of carbonyl (C=O) groups is 1. The van der Waals surface area contributed by atoms with E-state index in [1.165, 1.54) is 12.8 Å². The predicted molar refractivity (Wildman–Crippen MR) is 85.5 cm³/mol. The number of benzene rings is 1. The van der Waals surface area contributed by atoms with Gasteiger partial charge < -0.3 is 10.0 Å². The van der Waals surface area contributed by atoms with Gasteiger partial charge in [0.1, 0.15) is 0 Å². The molecule has 0 bridgehead atoms. The fourth-order valence-corrected chi connectivity index (χ4v) is 3.41. The standard InChI is InChI=1S/C18H27NO2/c1-3-15(4-2)14-19-12-10-18(11-13-19,17(20)21)16-8-6-5-7-9-16/h5-9,15H,3-4,10-14H2,1-2H3,(H,20,21). The van der Waals surface area contributed by atoms with Crippen LogP contribution in [0.2, 0.25) is 0 Å². The molecule has 2 rings (SSSR count). The third kappa shape index (κ3) is 3.46. The van der Waals surface area contributed by atoms with Crippen LogP contribution in [-0.4, -0.2) is 35.6 Å². The molecular weight excluding hydrogens is 262 g/mol. The number of nitrogens with zero attached hydrogens (tertiary/aromatic N) is 1. The summed E-state index contributed by atoms with van der Waals surface area (Å²) in [4.78, 5) is 14.3. The van der Waals surface area contributed by atoms with Crippen molar-refractivity contribution in [1.29, 1.82) is 0 Å². The van der Waals surface area contributed by atoms with Gasteiger partial charge in [0.25, 0.3) is 0 Å². The average molecular weight is 289 g/mol. The smallest absolute Gasteiger partial charge is 0.314 e. The molecule has 1 aliphatic heterocycles. The van der Waals surface area contributed by atoms with Crippen molar-refractivity contribution in [2.75, 3.05) is 19.6 Å². The second kappa shape index (κ2) is 7.08. The molecule has 3 nitrogen and oxygen atoms in total. The molecule has 1 aromatic rings. The molecule has 1 N–H and O–H groups in total. The molecule has 21 heavy (non-hydrogen) atoms. The van der Waals surface area contributed by atoms with Crippen LogP contribution >= 0.6 is 0 Å². The summed E-state index contributed by atoms with van der Waals surface area (Å²) < 4.78 is 0. The highest BCUT2D eigenvalue weighted by atomic mass is 16.4. The molecule has 0 amide bonds. The molecule has 3 heteroatoms. The maximum Gasteiger partial charge on any atom is 0.314 e. The van der Waals surface area contributed by atoms with Gasteiger partial charge in [-0.3, -0.25) is 4.79 Å². The number of rotatable bonds is 6. The Hall–Kier alpha value is -1.35. The van der Waals surface area contributed by atoms with Crippen LogP contribution < -0.4 is 0 Å². The first-order valence-electron chi connectivity index (χ1n) is 8.13. The van der Waals surface area contributed by atoms with Crippen molar-refractivity contribution in [1.82, 2.24) is 4.90 Å². The Labute approximate surface area is 128 Å². The number of hydrogen-bond donors (Lipinski definition) is 1. The van der Waals surface area contributed by atoms with Gasteiger partial charge >= 0.3 is 5.97 Å². The summed E-state index contributed by atoms with van der Waals surface area (Å²) in [6.07, 6.45) is 3.84. The number of likely N-dealkylation sites (tertiary alicyclic amines) is 1. The summed E-state index contributed by atoms with van der Waals surface area (Å²) in [5.41, 5.74) is 0.269. The molecule has 0 aliphatic carbocycles. The van der Waals surface area contributed by atoms with E-state index in [0.29, 0.717) is 12.8 Å². The highest BCUT2D eigenvalue weighted by Gasteiger charge is 2.42. The molecule has 0 saturated carbocycles. The van der Waals surface area contributed by atoms with Crippen LogP contribution in [0.1, 0.15) is 45.1 Å². The Morgan fingerprint density at radius 1 is 1.19 bits per heavy atom. The second-order valence-corrected chi connectivity index (χ2v) is 6.24. The van der Waals surface area contributed by atoms with Gasteiger partial charge in [0.15, 0.2) is 0 Å². The van der Waals surface area contributed by atoms with Crippen LogP contribution in [-0.2, 0) is 10.2 Å². The summed E-state index contributed by atoms with van der Waals surface area (Å²) in [7, 11) is 0. The SMILES string of the molecule is CCC(CC)CN1CCC(C(=O)O)(c2ccccc2)CC1. The molecule has 1 fully saturated rings. The number of hydrogen-bond acceptors (Lipinski definition) is 2. The summed E-state index contributed by atoms with van der Waals surface area (Å²) in [6, 6.07) is 9.75. The van der Waals surface area contributed by atoms with Crippen molar-refractivity contribution in [2.45, 2.75) is 44.9 Å². The maximum absolute atomic E-state index is 11.9. The minimum atomic E-state index is -0.689. The van der Waals surface area contributed by atoms with E-state index in [9.17, 15) is 9.90 Å². The summed E-state index contributed by atoms with van der Waals surface area (Å²) in [5, 5.41) is 9.78. The lowest BCUT2D eigenvalue weighted by atomic mass is 9.72. The quantitative estimate of drug-likeness (QED) is 0.870. The molecule has 116 valence electrons. The molecule has 0 radical (unpaired) electrons. The fraction of sp³-hybridized carbons (Fsp3) is 0.611. The van der Waals surface area contributed by atoms with Gasteiger partial charge in [-0.25, -0.2) is 0 Å². The summed E-state index contributed by atoms with van der Waals surface area (Å²) in [6.45, 7) is 7.36. The third-order valence-corrected chi connectivity index (χ3v) is 5.12. The molecule has 0 unspecified atom stereocenters. The van der Waals surface area contributed by atoms with Crippen molar-refractivity contribution in [3.63, 3.8) is 0 Å². The van der Waals surface area contributed by atoms with Crippen molar-refractivity contribution in [3.05, 3.63) is 35.9 Å². The van der Waals surface area contributed by atoms with E-state index in [4.69, 9.17) is 0 Å². The van der Waals surface area contributed by atoms with E-state index in [1.807, 2.05) is 30.3 Å². The Morgan fingerprint density at radius 2 is 1.76 bits per heavy atom. The lowest BCUT2D eigenvalue weighted by Crippen LogP contribution is -2.48. The lowest BCUT2D eigenvalue weighted by Gasteiger charge is -2.40. The number of carboxylic acid groups (broad SMARTS) is 1. The predicted octanol–water partition coefficient (Wildman–Crippen LogP) is 3.54. The third-order valence-electron chi connectivity index (χ3n) is 5.12. The first kappa shape index (κ1) is 16.0. The minimum absolute atomic E-state index is 0.670. The molecule has 0 aromatic heterocycles. The van der Waals surface area contributed by atoms with Crippen molar-refractivity contribution >= 4 is 5.97 Å². The first-order valence-corrected chi connectivity index (χ1v) is 8.13. The number of piperidine rings is 1. The van der Waals surface area contributed by atoms with Crippen LogP contribution in [0.5, 0.6) is 0 Å². The highest BCUT2D eigenvalue weighted by Crippen LogP contribution is 2.36. The molecule has 1 aromatic carbocycles. The van der Waals surface area contributed by atoms with Crippen LogP contribution in [0.15, 0.2) is 30.3 Å². The zero-order chi connectivity index (χ0) is 15.3. The summed E-state index contributed by atoms with van der Waals surface area (Å²) in [5.74, 6) is 0.0648. The van der Waals surface area contributed by atoms with E-state index >= 15 is 0 Å². The van der Waals surface area contributed by atoms with Gasteiger partial charge in [-0.15, -0.1) is 0 Å². The van der Waals surface area contributed by atoms with Gasteiger partial charge in [0, 0.05) is 6.54 Å². The fourth-order valence-electron chi connectivity index (χ4n) is 3.41. The second-order valence-electron chi connectivity index (χ2n) is 6.24. The van der Waals surface area contributed by atoms with Crippen LogP contribution in [0.25, 0.3) is 0 Å². The largest absolute Gasteiger partial charge is 0.481 e.